The van der Waals surface area contributed by atoms with Crippen LogP contribution in [0.4, 0.5) is 8.78 Å². The van der Waals surface area contributed by atoms with E-state index in [4.69, 9.17) is 20.8 Å². The highest BCUT2D eigenvalue weighted by atomic mass is 35.5. The average Bonchev–Trinajstić information content (AvgIpc) is 3.24. The van der Waals surface area contributed by atoms with Crippen molar-refractivity contribution < 1.29 is 22.7 Å². The third-order valence-corrected chi connectivity index (χ3v) is 7.11. The number of piperazine rings is 1. The van der Waals surface area contributed by atoms with Crippen molar-refractivity contribution in [2.75, 3.05) is 32.7 Å². The van der Waals surface area contributed by atoms with Crippen LogP contribution >= 0.6 is 11.6 Å². The summed E-state index contributed by atoms with van der Waals surface area (Å²) in [6.07, 6.45) is -0.434. The van der Waals surface area contributed by atoms with Gasteiger partial charge in [0.2, 0.25) is 0 Å². The van der Waals surface area contributed by atoms with Crippen LogP contribution in [0.5, 0.6) is 0 Å². The molecule has 4 aromatic rings. The molecule has 1 fully saturated rings. The van der Waals surface area contributed by atoms with Gasteiger partial charge in [0, 0.05) is 54.3 Å². The lowest BCUT2D eigenvalue weighted by Gasteiger charge is -2.36. The van der Waals surface area contributed by atoms with Crippen LogP contribution in [0.3, 0.4) is 0 Å². The SMILES string of the molecule is Cc1c(C(=O)N2CCN(CC(OCc3c(F)cccc3F)c3ccc(Cl)cc3)CC2)oc2ccccc12. The van der Waals surface area contributed by atoms with Crippen molar-refractivity contribution >= 4 is 28.5 Å². The van der Waals surface area contributed by atoms with Crippen molar-refractivity contribution in [3.8, 4) is 0 Å². The summed E-state index contributed by atoms with van der Waals surface area (Å²) in [4.78, 5) is 17.2. The van der Waals surface area contributed by atoms with Gasteiger partial charge in [-0.25, -0.2) is 8.78 Å². The fourth-order valence-corrected chi connectivity index (χ4v) is 4.80. The topological polar surface area (TPSA) is 45.9 Å². The maximum Gasteiger partial charge on any atom is 0.289 e. The zero-order valence-corrected chi connectivity index (χ0v) is 21.2. The van der Waals surface area contributed by atoms with E-state index in [-0.39, 0.29) is 18.1 Å². The van der Waals surface area contributed by atoms with E-state index < -0.39 is 17.7 Å². The average molecular weight is 525 g/mol. The molecule has 3 aromatic carbocycles. The molecule has 192 valence electrons. The van der Waals surface area contributed by atoms with Gasteiger partial charge in [0.05, 0.1) is 12.7 Å². The Kier molecular flexibility index (Phi) is 7.55. The summed E-state index contributed by atoms with van der Waals surface area (Å²) in [5.41, 5.74) is 2.31. The third kappa shape index (κ3) is 5.54. The van der Waals surface area contributed by atoms with Gasteiger partial charge in [-0.15, -0.1) is 0 Å². The predicted octanol–water partition coefficient (Wildman–Crippen LogP) is 6.39. The van der Waals surface area contributed by atoms with Crippen LogP contribution in [-0.2, 0) is 11.3 Å². The predicted molar refractivity (Wildman–Crippen MR) is 139 cm³/mol. The van der Waals surface area contributed by atoms with Crippen molar-refractivity contribution in [1.82, 2.24) is 9.80 Å². The van der Waals surface area contributed by atoms with Crippen LogP contribution in [0.1, 0.15) is 33.3 Å². The molecule has 1 unspecified atom stereocenters. The number of halogens is 3. The number of carbonyl (C=O) groups excluding carboxylic acids is 1. The van der Waals surface area contributed by atoms with Crippen LogP contribution in [0.15, 0.2) is 71.1 Å². The van der Waals surface area contributed by atoms with Gasteiger partial charge in [0.1, 0.15) is 17.2 Å². The first kappa shape index (κ1) is 25.4. The highest BCUT2D eigenvalue weighted by Gasteiger charge is 2.28. The normalized spacial score (nSPS) is 15.3. The molecule has 1 aliphatic heterocycles. The van der Waals surface area contributed by atoms with E-state index >= 15 is 0 Å². The third-order valence-electron chi connectivity index (χ3n) is 6.85. The Balaban J connectivity index is 1.25. The zero-order valence-electron chi connectivity index (χ0n) is 20.4. The van der Waals surface area contributed by atoms with Crippen molar-refractivity contribution in [2.24, 2.45) is 0 Å². The summed E-state index contributed by atoms with van der Waals surface area (Å²) in [6.45, 7) is 4.54. The number of nitrogens with zero attached hydrogens (tertiary/aromatic N) is 2. The number of furan rings is 1. The molecule has 1 aromatic heterocycles. The highest BCUT2D eigenvalue weighted by Crippen LogP contribution is 2.27. The molecule has 0 radical (unpaired) electrons. The second-order valence-corrected chi connectivity index (χ2v) is 9.63. The molecule has 0 N–H and O–H groups in total. The highest BCUT2D eigenvalue weighted by molar-refractivity contribution is 6.30. The van der Waals surface area contributed by atoms with E-state index in [1.165, 1.54) is 18.2 Å². The molecule has 1 atom stereocenters. The second-order valence-electron chi connectivity index (χ2n) is 9.20. The first-order valence-corrected chi connectivity index (χ1v) is 12.6. The Hall–Kier alpha value is -3.26. The molecule has 0 bridgehead atoms. The number of carbonyl (C=O) groups is 1. The van der Waals surface area contributed by atoms with Crippen LogP contribution in [0, 0.1) is 18.6 Å². The molecule has 5 nitrogen and oxygen atoms in total. The smallest absolute Gasteiger partial charge is 0.289 e. The molecule has 1 amide bonds. The Labute approximate surface area is 219 Å². The minimum Gasteiger partial charge on any atom is -0.451 e. The number of para-hydroxylation sites is 1. The molecule has 2 heterocycles. The number of fused-ring (bicyclic) bond motifs is 1. The first-order chi connectivity index (χ1) is 17.9. The van der Waals surface area contributed by atoms with Crippen molar-refractivity contribution in [1.29, 1.82) is 0 Å². The maximum absolute atomic E-state index is 14.2. The molecule has 8 heteroatoms. The minimum atomic E-state index is -0.636. The molecule has 0 aliphatic carbocycles. The number of ether oxygens (including phenoxy) is 1. The Morgan fingerprint density at radius 3 is 2.32 bits per heavy atom. The van der Waals surface area contributed by atoms with E-state index in [9.17, 15) is 13.6 Å². The maximum atomic E-state index is 14.2. The molecule has 5 rings (SSSR count). The Morgan fingerprint density at radius 1 is 0.973 bits per heavy atom. The van der Waals surface area contributed by atoms with Crippen molar-refractivity contribution in [3.05, 3.63) is 106 Å². The lowest BCUT2D eigenvalue weighted by Crippen LogP contribution is -2.49. The number of aryl methyl sites for hydroxylation is 1. The number of rotatable bonds is 7. The zero-order chi connectivity index (χ0) is 25.9. The van der Waals surface area contributed by atoms with Gasteiger partial charge in [0.15, 0.2) is 5.76 Å². The van der Waals surface area contributed by atoms with E-state index in [2.05, 4.69) is 4.90 Å². The Bertz CT molecular complexity index is 1380. The first-order valence-electron chi connectivity index (χ1n) is 12.2. The van der Waals surface area contributed by atoms with Crippen LogP contribution < -0.4 is 0 Å². The van der Waals surface area contributed by atoms with Gasteiger partial charge in [-0.3, -0.25) is 9.69 Å². The lowest BCUT2D eigenvalue weighted by atomic mass is 10.1. The van der Waals surface area contributed by atoms with Gasteiger partial charge < -0.3 is 14.1 Å². The summed E-state index contributed by atoms with van der Waals surface area (Å²) >= 11 is 6.06. The monoisotopic (exact) mass is 524 g/mol. The van der Waals surface area contributed by atoms with E-state index in [1.54, 1.807) is 17.0 Å². The van der Waals surface area contributed by atoms with Crippen molar-refractivity contribution in [3.63, 3.8) is 0 Å². The molecule has 0 saturated carbocycles. The van der Waals surface area contributed by atoms with Gasteiger partial charge in [-0.2, -0.15) is 0 Å². The number of hydrogen-bond donors (Lipinski definition) is 0. The molecule has 0 spiro atoms. The van der Waals surface area contributed by atoms with Crippen LogP contribution in [-0.4, -0.2) is 48.4 Å². The Morgan fingerprint density at radius 2 is 1.65 bits per heavy atom. The number of amides is 1. The summed E-state index contributed by atoms with van der Waals surface area (Å²) in [6, 6.07) is 18.6. The van der Waals surface area contributed by atoms with E-state index in [0.29, 0.717) is 49.1 Å². The molecular formula is C29H27ClF2N2O3. The van der Waals surface area contributed by atoms with Gasteiger partial charge in [0.25, 0.3) is 5.91 Å². The minimum absolute atomic E-state index is 0.0990. The molecular weight excluding hydrogens is 498 g/mol. The fourth-order valence-electron chi connectivity index (χ4n) is 4.68. The van der Waals surface area contributed by atoms with Gasteiger partial charge in [-0.1, -0.05) is 48.0 Å². The van der Waals surface area contributed by atoms with E-state index in [0.717, 1.165) is 16.5 Å². The quantitative estimate of drug-likeness (QED) is 0.281. The number of benzene rings is 3. The summed E-state index contributed by atoms with van der Waals surface area (Å²) < 4.78 is 40.3. The van der Waals surface area contributed by atoms with Gasteiger partial charge in [-0.05, 0) is 42.8 Å². The van der Waals surface area contributed by atoms with Gasteiger partial charge >= 0.3 is 0 Å². The second kappa shape index (κ2) is 11.0. The summed E-state index contributed by atoms with van der Waals surface area (Å²) in [5, 5.41) is 1.54. The largest absolute Gasteiger partial charge is 0.451 e. The summed E-state index contributed by atoms with van der Waals surface area (Å²) in [5.74, 6) is -1.01. The van der Waals surface area contributed by atoms with Crippen LogP contribution in [0.2, 0.25) is 5.02 Å². The standard InChI is InChI=1S/C29H27ClF2N2O3/c1-19-22-5-2-3-8-26(22)37-28(19)29(35)34-15-13-33(14-16-34)17-27(20-9-11-21(30)12-10-20)36-18-23-24(31)6-4-7-25(23)32/h2-12,27H,13-18H2,1H3. The van der Waals surface area contributed by atoms with Crippen molar-refractivity contribution in [2.45, 2.75) is 19.6 Å². The van der Waals surface area contributed by atoms with E-state index in [1.807, 2.05) is 43.3 Å². The molecule has 37 heavy (non-hydrogen) atoms. The number of hydrogen-bond acceptors (Lipinski definition) is 4. The fraction of sp³-hybridized carbons (Fsp3) is 0.276. The van der Waals surface area contributed by atoms with Crippen LogP contribution in [0.25, 0.3) is 11.0 Å². The molecule has 1 aliphatic rings. The molecule has 1 saturated heterocycles. The lowest BCUT2D eigenvalue weighted by molar-refractivity contribution is 0.00116. The summed E-state index contributed by atoms with van der Waals surface area (Å²) in [7, 11) is 0.